The molecule has 19 heavy (non-hydrogen) atoms. The Kier molecular flexibility index (Phi) is 2.85. The highest BCUT2D eigenvalue weighted by Crippen LogP contribution is 2.48. The summed E-state index contributed by atoms with van der Waals surface area (Å²) in [5.74, 6) is 0.730. The summed E-state index contributed by atoms with van der Waals surface area (Å²) in [6.07, 6.45) is 4.02. The zero-order chi connectivity index (χ0) is 13.7. The van der Waals surface area contributed by atoms with Gasteiger partial charge in [-0.25, -0.2) is 13.1 Å². The Hall–Kier alpha value is -1.11. The highest BCUT2D eigenvalue weighted by Gasteiger charge is 2.44. The molecule has 0 aromatic heterocycles. The molecule has 6 heteroatoms. The number of nitrogens with one attached hydrogen (secondary N) is 1. The Morgan fingerprint density at radius 2 is 2.16 bits per heavy atom. The van der Waals surface area contributed by atoms with Crippen molar-refractivity contribution >= 4 is 10.0 Å². The molecule has 1 fully saturated rings. The fourth-order valence-corrected chi connectivity index (χ4v) is 3.62. The van der Waals surface area contributed by atoms with Gasteiger partial charge in [0.05, 0.1) is 4.90 Å². The summed E-state index contributed by atoms with van der Waals surface area (Å²) in [6, 6.07) is 4.75. The molecule has 1 atom stereocenters. The van der Waals surface area contributed by atoms with Crippen molar-refractivity contribution in [3.8, 4) is 5.75 Å². The Labute approximate surface area is 113 Å². The molecule has 0 radical (unpaired) electrons. The van der Waals surface area contributed by atoms with E-state index in [0.717, 1.165) is 30.6 Å². The third kappa shape index (κ3) is 2.04. The van der Waals surface area contributed by atoms with E-state index in [0.29, 0.717) is 0 Å². The molecule has 1 aromatic rings. The van der Waals surface area contributed by atoms with Crippen LogP contribution in [0.15, 0.2) is 23.1 Å². The molecule has 1 aromatic carbocycles. The number of hydrogen-bond acceptors (Lipinski definition) is 4. The number of nitrogens with two attached hydrogens (primary N) is 1. The molecule has 0 bridgehead atoms. The lowest BCUT2D eigenvalue weighted by Gasteiger charge is -2.47. The second kappa shape index (κ2) is 4.19. The second-order valence-corrected chi connectivity index (χ2v) is 7.24. The minimum Gasteiger partial charge on any atom is -0.487 e. The monoisotopic (exact) mass is 282 g/mol. The second-order valence-electron chi connectivity index (χ2n) is 5.36. The van der Waals surface area contributed by atoms with Gasteiger partial charge in [0.25, 0.3) is 0 Å². The first-order valence-electron chi connectivity index (χ1n) is 6.48. The van der Waals surface area contributed by atoms with E-state index in [-0.39, 0.29) is 16.5 Å². The molecule has 1 saturated carbocycles. The van der Waals surface area contributed by atoms with Gasteiger partial charge in [-0.05, 0) is 44.5 Å². The summed E-state index contributed by atoms with van der Waals surface area (Å²) >= 11 is 0. The molecule has 104 valence electrons. The van der Waals surface area contributed by atoms with E-state index in [9.17, 15) is 8.42 Å². The Morgan fingerprint density at radius 1 is 1.42 bits per heavy atom. The molecule has 1 aliphatic heterocycles. The zero-order valence-electron chi connectivity index (χ0n) is 10.8. The minimum absolute atomic E-state index is 0.101. The fourth-order valence-electron chi connectivity index (χ4n) is 2.86. The van der Waals surface area contributed by atoms with Gasteiger partial charge in [-0.15, -0.1) is 0 Å². The maximum Gasteiger partial charge on any atom is 0.240 e. The van der Waals surface area contributed by atoms with Crippen molar-refractivity contribution < 1.29 is 13.2 Å². The van der Waals surface area contributed by atoms with E-state index in [1.165, 1.54) is 13.5 Å². The van der Waals surface area contributed by atoms with Crippen LogP contribution in [0.25, 0.3) is 0 Å². The molecule has 3 rings (SSSR count). The highest BCUT2D eigenvalue weighted by atomic mass is 32.2. The van der Waals surface area contributed by atoms with Gasteiger partial charge in [0, 0.05) is 18.0 Å². The van der Waals surface area contributed by atoms with Crippen LogP contribution in [0, 0.1) is 0 Å². The topological polar surface area (TPSA) is 81.4 Å². The number of benzene rings is 1. The summed E-state index contributed by atoms with van der Waals surface area (Å²) in [5.41, 5.74) is 6.87. The summed E-state index contributed by atoms with van der Waals surface area (Å²) < 4.78 is 31.9. The molecule has 1 spiro atoms. The molecule has 2 aliphatic rings. The summed E-state index contributed by atoms with van der Waals surface area (Å²) in [5, 5.41) is 0. The third-order valence-electron chi connectivity index (χ3n) is 4.14. The SMILES string of the molecule is CNS(=O)(=O)c1ccc2c(c1)C(N)CC1(CCC1)O2. The van der Waals surface area contributed by atoms with Crippen molar-refractivity contribution in [2.45, 2.75) is 42.2 Å². The zero-order valence-corrected chi connectivity index (χ0v) is 11.7. The summed E-state index contributed by atoms with van der Waals surface area (Å²) in [7, 11) is -2.04. The largest absolute Gasteiger partial charge is 0.487 e. The number of sulfonamides is 1. The van der Waals surface area contributed by atoms with E-state index in [1.807, 2.05) is 0 Å². The Balaban J connectivity index is 2.01. The summed E-state index contributed by atoms with van der Waals surface area (Å²) in [6.45, 7) is 0. The van der Waals surface area contributed by atoms with Crippen LogP contribution in [0.4, 0.5) is 0 Å². The molecule has 1 unspecified atom stereocenters. The smallest absolute Gasteiger partial charge is 0.240 e. The van der Waals surface area contributed by atoms with Crippen molar-refractivity contribution in [1.29, 1.82) is 0 Å². The van der Waals surface area contributed by atoms with Crippen LogP contribution in [0.5, 0.6) is 5.75 Å². The van der Waals surface area contributed by atoms with Gasteiger partial charge < -0.3 is 10.5 Å². The minimum atomic E-state index is -3.44. The van der Waals surface area contributed by atoms with Crippen LogP contribution in [0.1, 0.15) is 37.3 Å². The lowest BCUT2D eigenvalue weighted by molar-refractivity contribution is -0.0330. The van der Waals surface area contributed by atoms with Crippen LogP contribution in [0.3, 0.4) is 0 Å². The van der Waals surface area contributed by atoms with Crippen LogP contribution in [-0.2, 0) is 10.0 Å². The number of hydrogen-bond donors (Lipinski definition) is 2. The van der Waals surface area contributed by atoms with Crippen molar-refractivity contribution in [3.05, 3.63) is 23.8 Å². The van der Waals surface area contributed by atoms with E-state index < -0.39 is 10.0 Å². The molecular formula is C13H18N2O3S. The molecule has 1 aliphatic carbocycles. The van der Waals surface area contributed by atoms with Crippen molar-refractivity contribution in [2.75, 3.05) is 7.05 Å². The highest BCUT2D eigenvalue weighted by molar-refractivity contribution is 7.89. The summed E-state index contributed by atoms with van der Waals surface area (Å²) in [4.78, 5) is 0.234. The first-order valence-corrected chi connectivity index (χ1v) is 7.96. The molecule has 0 saturated heterocycles. The maximum absolute atomic E-state index is 11.8. The van der Waals surface area contributed by atoms with E-state index >= 15 is 0 Å². The van der Waals surface area contributed by atoms with Crippen LogP contribution >= 0.6 is 0 Å². The van der Waals surface area contributed by atoms with Crippen LogP contribution in [-0.4, -0.2) is 21.1 Å². The van der Waals surface area contributed by atoms with E-state index in [2.05, 4.69) is 4.72 Å². The van der Waals surface area contributed by atoms with Crippen molar-refractivity contribution in [1.82, 2.24) is 4.72 Å². The van der Waals surface area contributed by atoms with Gasteiger partial charge in [0.1, 0.15) is 11.4 Å². The normalized spacial score (nSPS) is 24.4. The Morgan fingerprint density at radius 3 is 2.74 bits per heavy atom. The average molecular weight is 282 g/mol. The van der Waals surface area contributed by atoms with Gasteiger partial charge in [-0.2, -0.15) is 0 Å². The van der Waals surface area contributed by atoms with Gasteiger partial charge in [0.2, 0.25) is 10.0 Å². The average Bonchev–Trinajstić information content (AvgIpc) is 2.36. The molecule has 5 nitrogen and oxygen atoms in total. The molecule has 3 N–H and O–H groups in total. The maximum atomic E-state index is 11.8. The fraction of sp³-hybridized carbons (Fsp3) is 0.538. The van der Waals surface area contributed by atoms with E-state index in [4.69, 9.17) is 10.5 Å². The molecule has 1 heterocycles. The standard InChI is InChI=1S/C13H18N2O3S/c1-15-19(16,17)9-3-4-12-10(7-9)11(14)8-13(18-12)5-2-6-13/h3-4,7,11,15H,2,5-6,8,14H2,1H3. The quantitative estimate of drug-likeness (QED) is 0.856. The van der Waals surface area contributed by atoms with Gasteiger partial charge in [0.15, 0.2) is 0 Å². The van der Waals surface area contributed by atoms with Crippen molar-refractivity contribution in [2.24, 2.45) is 5.73 Å². The number of fused-ring (bicyclic) bond motifs is 1. The Bertz CT molecular complexity index is 608. The number of ether oxygens (including phenoxy) is 1. The van der Waals surface area contributed by atoms with Crippen LogP contribution < -0.4 is 15.2 Å². The van der Waals surface area contributed by atoms with Gasteiger partial charge >= 0.3 is 0 Å². The lowest BCUT2D eigenvalue weighted by Crippen LogP contribution is -2.48. The predicted molar refractivity (Wildman–Crippen MR) is 71.4 cm³/mol. The third-order valence-corrected chi connectivity index (χ3v) is 5.55. The number of rotatable bonds is 2. The first-order chi connectivity index (χ1) is 8.96. The van der Waals surface area contributed by atoms with Gasteiger partial charge in [-0.1, -0.05) is 0 Å². The molecular weight excluding hydrogens is 264 g/mol. The van der Waals surface area contributed by atoms with Crippen LogP contribution in [0.2, 0.25) is 0 Å². The predicted octanol–water partition coefficient (Wildman–Crippen LogP) is 1.30. The first kappa shape index (κ1) is 12.9. The van der Waals surface area contributed by atoms with Crippen molar-refractivity contribution in [3.63, 3.8) is 0 Å². The lowest BCUT2D eigenvalue weighted by atomic mass is 9.73. The molecule has 0 amide bonds. The van der Waals surface area contributed by atoms with E-state index in [1.54, 1.807) is 18.2 Å². The van der Waals surface area contributed by atoms with Gasteiger partial charge in [-0.3, -0.25) is 0 Å².